The van der Waals surface area contributed by atoms with Gasteiger partial charge < -0.3 is 11.5 Å². The Hall–Kier alpha value is -2.74. The average Bonchev–Trinajstić information content (AvgIpc) is 2.72. The van der Waals surface area contributed by atoms with Crippen molar-refractivity contribution in [3.05, 3.63) is 96.6 Å². The normalized spacial score (nSPS) is 8.18. The largest absolute Gasteiger partial charge is 0.399 e. The lowest BCUT2D eigenvalue weighted by molar-refractivity contribution is 1.09. The molecule has 154 valence electrons. The third-order valence-electron chi connectivity index (χ3n) is 2.85. The molecule has 0 aliphatic rings. The predicted octanol–water partition coefficient (Wildman–Crippen LogP) is 7.62. The van der Waals surface area contributed by atoms with E-state index in [2.05, 4.69) is 58.9 Å². The summed E-state index contributed by atoms with van der Waals surface area (Å²) in [6.07, 6.45) is 3.64. The zero-order chi connectivity index (χ0) is 21.5. The molecule has 0 heterocycles. The second-order valence-corrected chi connectivity index (χ2v) is 6.07. The highest BCUT2D eigenvalue weighted by molar-refractivity contribution is 5.36. The maximum absolute atomic E-state index is 5.36. The first kappa shape index (κ1) is 27.5. The van der Waals surface area contributed by atoms with Gasteiger partial charge in [0.1, 0.15) is 0 Å². The van der Waals surface area contributed by atoms with E-state index in [0.717, 1.165) is 17.8 Å². The lowest BCUT2D eigenvalue weighted by Gasteiger charge is -1.89. The van der Waals surface area contributed by atoms with E-state index in [9.17, 15) is 0 Å². The number of benzene rings is 3. The highest BCUT2D eigenvalue weighted by Crippen LogP contribution is 1.97. The fraction of sp³-hybridized carbons (Fsp3) is 0.308. The van der Waals surface area contributed by atoms with E-state index in [1.807, 2.05) is 66.7 Å². The van der Waals surface area contributed by atoms with Crippen LogP contribution < -0.4 is 11.5 Å². The van der Waals surface area contributed by atoms with Crippen molar-refractivity contribution in [2.45, 2.75) is 53.9 Å². The molecule has 0 fully saturated rings. The quantitative estimate of drug-likeness (QED) is 0.427. The van der Waals surface area contributed by atoms with Gasteiger partial charge in [-0.3, -0.25) is 0 Å². The van der Waals surface area contributed by atoms with Gasteiger partial charge in [-0.2, -0.15) is 0 Å². The molecular weight excluding hydrogens is 340 g/mol. The topological polar surface area (TPSA) is 52.0 Å². The van der Waals surface area contributed by atoms with Gasteiger partial charge in [0.25, 0.3) is 0 Å². The summed E-state index contributed by atoms with van der Waals surface area (Å²) in [5, 5.41) is 0. The number of hydrogen-bond acceptors (Lipinski definition) is 2. The molecule has 2 nitrogen and oxygen atoms in total. The number of nitrogen functional groups attached to an aromatic ring is 2. The summed E-state index contributed by atoms with van der Waals surface area (Å²) in [7, 11) is 0. The smallest absolute Gasteiger partial charge is 0.0313 e. The SMILES string of the molecule is CCC.CCC.CCc1ccccc1.Nc1ccccc1.Nc1ccccc1. The van der Waals surface area contributed by atoms with Crippen molar-refractivity contribution in [3.63, 3.8) is 0 Å². The maximum atomic E-state index is 5.36. The summed E-state index contributed by atoms with van der Waals surface area (Å²) in [5.41, 5.74) is 13.8. The molecule has 0 radical (unpaired) electrons. The third kappa shape index (κ3) is 21.3. The first-order valence-corrected chi connectivity index (χ1v) is 10.2. The number of para-hydroxylation sites is 2. The van der Waals surface area contributed by atoms with Crippen LogP contribution in [0.15, 0.2) is 91.0 Å². The number of aryl methyl sites for hydroxylation is 1. The lowest BCUT2D eigenvalue weighted by Crippen LogP contribution is -1.79. The fourth-order valence-electron chi connectivity index (χ4n) is 1.62. The zero-order valence-corrected chi connectivity index (χ0v) is 18.4. The van der Waals surface area contributed by atoms with Crippen LogP contribution in [-0.4, -0.2) is 0 Å². The van der Waals surface area contributed by atoms with Crippen molar-refractivity contribution in [1.82, 2.24) is 0 Å². The van der Waals surface area contributed by atoms with Gasteiger partial charge in [0.2, 0.25) is 0 Å². The molecular formula is C26H40N2. The van der Waals surface area contributed by atoms with E-state index in [4.69, 9.17) is 11.5 Å². The Kier molecular flexibility index (Phi) is 21.9. The Morgan fingerprint density at radius 2 is 0.714 bits per heavy atom. The molecule has 0 aliphatic heterocycles. The molecule has 0 saturated carbocycles. The van der Waals surface area contributed by atoms with Crippen molar-refractivity contribution in [2.75, 3.05) is 11.5 Å². The van der Waals surface area contributed by atoms with Crippen LogP contribution in [0.25, 0.3) is 0 Å². The second-order valence-electron chi connectivity index (χ2n) is 6.07. The van der Waals surface area contributed by atoms with Gasteiger partial charge >= 0.3 is 0 Å². The van der Waals surface area contributed by atoms with Gasteiger partial charge in [-0.1, -0.05) is 114 Å². The minimum atomic E-state index is 0.822. The summed E-state index contributed by atoms with van der Waals surface area (Å²) in [6.45, 7) is 10.7. The van der Waals surface area contributed by atoms with Crippen molar-refractivity contribution < 1.29 is 0 Å². The summed E-state index contributed by atoms with van der Waals surface area (Å²) in [4.78, 5) is 0. The molecule has 2 heteroatoms. The molecule has 0 bridgehead atoms. The van der Waals surface area contributed by atoms with E-state index in [-0.39, 0.29) is 0 Å². The lowest BCUT2D eigenvalue weighted by atomic mass is 10.2. The molecule has 4 N–H and O–H groups in total. The molecule has 0 atom stereocenters. The first-order valence-electron chi connectivity index (χ1n) is 10.2. The minimum Gasteiger partial charge on any atom is -0.399 e. The number of anilines is 2. The summed E-state index contributed by atoms with van der Waals surface area (Å²) in [6, 6.07) is 29.4. The molecule has 3 aromatic carbocycles. The number of rotatable bonds is 1. The monoisotopic (exact) mass is 380 g/mol. The van der Waals surface area contributed by atoms with Crippen LogP contribution in [0.4, 0.5) is 11.4 Å². The first-order chi connectivity index (χ1) is 13.5. The standard InChI is InChI=1S/C8H10.2C6H7N.2C3H8/c1-2-8-6-4-3-5-7-8;2*7-6-4-2-1-3-5-6;2*1-3-2/h3-7H,2H2,1H3;2*1-5H,7H2;2*3H2,1-2H3. The van der Waals surface area contributed by atoms with Crippen LogP contribution in [0.3, 0.4) is 0 Å². The maximum Gasteiger partial charge on any atom is 0.0313 e. The van der Waals surface area contributed by atoms with Gasteiger partial charge in [0, 0.05) is 11.4 Å². The van der Waals surface area contributed by atoms with E-state index >= 15 is 0 Å². The Bertz CT molecular complexity index is 583. The van der Waals surface area contributed by atoms with E-state index < -0.39 is 0 Å². The number of hydrogen-bond donors (Lipinski definition) is 2. The van der Waals surface area contributed by atoms with Gasteiger partial charge in [0.15, 0.2) is 0 Å². The Morgan fingerprint density at radius 1 is 0.464 bits per heavy atom. The van der Waals surface area contributed by atoms with Crippen molar-refractivity contribution in [2.24, 2.45) is 0 Å². The van der Waals surface area contributed by atoms with E-state index in [1.165, 1.54) is 18.4 Å². The van der Waals surface area contributed by atoms with E-state index in [1.54, 1.807) is 0 Å². The van der Waals surface area contributed by atoms with Crippen LogP contribution in [0.5, 0.6) is 0 Å². The molecule has 0 saturated heterocycles. The van der Waals surface area contributed by atoms with Gasteiger partial charge in [0.05, 0.1) is 0 Å². The molecule has 0 unspecified atom stereocenters. The average molecular weight is 381 g/mol. The van der Waals surface area contributed by atoms with Crippen LogP contribution >= 0.6 is 0 Å². The van der Waals surface area contributed by atoms with Crippen LogP contribution in [0.1, 0.15) is 53.0 Å². The molecule has 0 aliphatic carbocycles. The Morgan fingerprint density at radius 3 is 0.857 bits per heavy atom. The van der Waals surface area contributed by atoms with Gasteiger partial charge in [-0.05, 0) is 36.2 Å². The minimum absolute atomic E-state index is 0.822. The Balaban J connectivity index is 0. The van der Waals surface area contributed by atoms with Crippen molar-refractivity contribution >= 4 is 11.4 Å². The fourth-order valence-corrected chi connectivity index (χ4v) is 1.62. The van der Waals surface area contributed by atoms with Crippen LogP contribution in [0, 0.1) is 0 Å². The van der Waals surface area contributed by atoms with Gasteiger partial charge in [-0.25, -0.2) is 0 Å². The summed E-state index contributed by atoms with van der Waals surface area (Å²) < 4.78 is 0. The predicted molar refractivity (Wildman–Crippen MR) is 129 cm³/mol. The Labute approximate surface area is 173 Å². The van der Waals surface area contributed by atoms with Crippen LogP contribution in [-0.2, 0) is 6.42 Å². The van der Waals surface area contributed by atoms with Crippen molar-refractivity contribution in [1.29, 1.82) is 0 Å². The molecule has 0 amide bonds. The highest BCUT2D eigenvalue weighted by Gasteiger charge is 1.80. The molecule has 0 aromatic heterocycles. The zero-order valence-electron chi connectivity index (χ0n) is 18.4. The molecule has 3 aromatic rings. The molecule has 3 rings (SSSR count). The molecule has 0 spiro atoms. The summed E-state index contributed by atoms with van der Waals surface area (Å²) in [5.74, 6) is 0. The molecule has 28 heavy (non-hydrogen) atoms. The van der Waals surface area contributed by atoms with E-state index in [0.29, 0.717) is 0 Å². The highest BCUT2D eigenvalue weighted by atomic mass is 14.5. The second kappa shape index (κ2) is 22.3. The van der Waals surface area contributed by atoms with Crippen molar-refractivity contribution in [3.8, 4) is 0 Å². The van der Waals surface area contributed by atoms with Crippen LogP contribution in [0.2, 0.25) is 0 Å². The third-order valence-corrected chi connectivity index (χ3v) is 2.85. The number of nitrogens with two attached hydrogens (primary N) is 2. The van der Waals surface area contributed by atoms with Gasteiger partial charge in [-0.15, -0.1) is 0 Å². The summed E-state index contributed by atoms with van der Waals surface area (Å²) >= 11 is 0.